The van der Waals surface area contributed by atoms with E-state index in [-0.39, 0.29) is 31.9 Å². The topological polar surface area (TPSA) is 90.0 Å². The Labute approximate surface area is 176 Å². The van der Waals surface area contributed by atoms with Gasteiger partial charge in [0.2, 0.25) is 0 Å². The summed E-state index contributed by atoms with van der Waals surface area (Å²) in [5, 5.41) is -0.704. The van der Waals surface area contributed by atoms with Crippen molar-refractivity contribution in [3.8, 4) is 0 Å². The molecule has 7 nitrogen and oxygen atoms in total. The van der Waals surface area contributed by atoms with Crippen molar-refractivity contribution < 1.29 is 27.5 Å². The third-order valence-corrected chi connectivity index (χ3v) is 7.29. The van der Waals surface area contributed by atoms with E-state index in [0.29, 0.717) is 0 Å². The number of amides is 1. The standard InChI is InChI=1S/C22H25NO6S/c1-28-21(24)19(12-17-8-4-2-5-9-17)16-30(26,27)20-13-23(14-20)22(25)29-15-18-10-6-3-7-11-18/h2-11,19-20H,12-16H2,1H3. The summed E-state index contributed by atoms with van der Waals surface area (Å²) < 4.78 is 35.6. The minimum Gasteiger partial charge on any atom is -0.469 e. The average molecular weight is 432 g/mol. The number of carbonyl (C=O) groups is 2. The largest absolute Gasteiger partial charge is 0.469 e. The highest BCUT2D eigenvalue weighted by Gasteiger charge is 2.42. The first-order valence-corrected chi connectivity index (χ1v) is 11.4. The lowest BCUT2D eigenvalue weighted by Gasteiger charge is -2.38. The van der Waals surface area contributed by atoms with Crippen LogP contribution in [0.1, 0.15) is 11.1 Å². The Morgan fingerprint density at radius 2 is 1.57 bits per heavy atom. The van der Waals surface area contributed by atoms with Gasteiger partial charge >= 0.3 is 12.1 Å². The summed E-state index contributed by atoms with van der Waals surface area (Å²) in [6.07, 6.45) is -0.262. The highest BCUT2D eigenvalue weighted by atomic mass is 32.2. The van der Waals surface area contributed by atoms with Crippen LogP contribution in [0.25, 0.3) is 0 Å². The van der Waals surface area contributed by atoms with E-state index in [1.165, 1.54) is 12.0 Å². The first-order chi connectivity index (χ1) is 14.4. The predicted octanol–water partition coefficient (Wildman–Crippen LogP) is 2.45. The third-order valence-electron chi connectivity index (χ3n) is 5.11. The lowest BCUT2D eigenvalue weighted by molar-refractivity contribution is -0.144. The molecule has 160 valence electrons. The van der Waals surface area contributed by atoms with Gasteiger partial charge in [-0.25, -0.2) is 13.2 Å². The van der Waals surface area contributed by atoms with Crippen molar-refractivity contribution in [1.82, 2.24) is 4.90 Å². The van der Waals surface area contributed by atoms with E-state index < -0.39 is 33.1 Å². The molecule has 8 heteroatoms. The van der Waals surface area contributed by atoms with Gasteiger partial charge in [0.25, 0.3) is 0 Å². The molecule has 0 aromatic heterocycles. The first-order valence-electron chi connectivity index (χ1n) is 9.68. The lowest BCUT2D eigenvalue weighted by Crippen LogP contribution is -2.58. The van der Waals surface area contributed by atoms with Gasteiger partial charge in [0.05, 0.1) is 24.0 Å². The molecule has 0 radical (unpaired) electrons. The zero-order chi connectivity index (χ0) is 21.6. The minimum absolute atomic E-state index is 0.0647. The molecule has 1 unspecified atom stereocenters. The number of ether oxygens (including phenoxy) is 2. The van der Waals surface area contributed by atoms with Gasteiger partial charge in [0.15, 0.2) is 9.84 Å². The summed E-state index contributed by atoms with van der Waals surface area (Å²) >= 11 is 0. The van der Waals surface area contributed by atoms with Crippen molar-refractivity contribution in [2.75, 3.05) is 26.0 Å². The number of methoxy groups -OCH3 is 1. The number of sulfone groups is 1. The molecule has 30 heavy (non-hydrogen) atoms. The van der Waals surface area contributed by atoms with Crippen LogP contribution >= 0.6 is 0 Å². The van der Waals surface area contributed by atoms with Crippen LogP contribution in [0.15, 0.2) is 60.7 Å². The molecular weight excluding hydrogens is 406 g/mol. The summed E-state index contributed by atoms with van der Waals surface area (Å²) in [6, 6.07) is 18.5. The van der Waals surface area contributed by atoms with Crippen LogP contribution in [-0.4, -0.2) is 56.6 Å². The summed E-state index contributed by atoms with van der Waals surface area (Å²) in [4.78, 5) is 25.6. The van der Waals surface area contributed by atoms with E-state index in [1.54, 1.807) is 0 Å². The Kier molecular flexibility index (Phi) is 7.10. The first kappa shape index (κ1) is 21.8. The summed E-state index contributed by atoms with van der Waals surface area (Å²) in [5.74, 6) is -1.66. The molecule has 0 N–H and O–H groups in total. The van der Waals surface area contributed by atoms with E-state index in [4.69, 9.17) is 9.47 Å². The van der Waals surface area contributed by atoms with Crippen LogP contribution in [0.2, 0.25) is 0 Å². The lowest BCUT2D eigenvalue weighted by atomic mass is 10.0. The quantitative estimate of drug-likeness (QED) is 0.597. The van der Waals surface area contributed by atoms with Crippen molar-refractivity contribution in [1.29, 1.82) is 0 Å². The molecule has 3 rings (SSSR count). The highest BCUT2D eigenvalue weighted by molar-refractivity contribution is 7.92. The predicted molar refractivity (Wildman–Crippen MR) is 111 cm³/mol. The molecule has 0 aliphatic carbocycles. The van der Waals surface area contributed by atoms with E-state index in [0.717, 1.165) is 11.1 Å². The van der Waals surface area contributed by atoms with Crippen molar-refractivity contribution in [2.45, 2.75) is 18.3 Å². The van der Waals surface area contributed by atoms with Gasteiger partial charge in [-0.15, -0.1) is 0 Å². The van der Waals surface area contributed by atoms with Crippen LogP contribution in [0.3, 0.4) is 0 Å². The van der Waals surface area contributed by atoms with Crippen LogP contribution < -0.4 is 0 Å². The van der Waals surface area contributed by atoms with Gasteiger partial charge in [-0.05, 0) is 17.5 Å². The number of rotatable bonds is 8. The van der Waals surface area contributed by atoms with Crippen molar-refractivity contribution in [3.63, 3.8) is 0 Å². The molecule has 1 aliphatic heterocycles. The third kappa shape index (κ3) is 5.60. The maximum Gasteiger partial charge on any atom is 0.410 e. The number of hydrogen-bond donors (Lipinski definition) is 0. The van der Waals surface area contributed by atoms with Crippen molar-refractivity contribution in [2.24, 2.45) is 5.92 Å². The fourth-order valence-corrected chi connectivity index (χ4v) is 5.22. The van der Waals surface area contributed by atoms with Gasteiger partial charge in [-0.3, -0.25) is 4.79 Å². The second-order valence-electron chi connectivity index (χ2n) is 7.31. The molecule has 1 saturated heterocycles. The van der Waals surface area contributed by atoms with Crippen molar-refractivity contribution in [3.05, 3.63) is 71.8 Å². The van der Waals surface area contributed by atoms with Gasteiger partial charge in [0.1, 0.15) is 6.61 Å². The second kappa shape index (κ2) is 9.75. The number of likely N-dealkylation sites (tertiary alicyclic amines) is 1. The average Bonchev–Trinajstić information content (AvgIpc) is 2.71. The number of esters is 1. The van der Waals surface area contributed by atoms with E-state index in [9.17, 15) is 18.0 Å². The fourth-order valence-electron chi connectivity index (χ4n) is 3.32. The molecule has 0 saturated carbocycles. The molecule has 1 atom stereocenters. The molecule has 1 amide bonds. The number of carbonyl (C=O) groups excluding carboxylic acids is 2. The molecule has 1 fully saturated rings. The molecule has 1 aliphatic rings. The molecule has 0 spiro atoms. The fraction of sp³-hybridized carbons (Fsp3) is 0.364. The van der Waals surface area contributed by atoms with Crippen LogP contribution in [-0.2, 0) is 37.1 Å². The van der Waals surface area contributed by atoms with Crippen molar-refractivity contribution >= 4 is 21.9 Å². The SMILES string of the molecule is COC(=O)C(Cc1ccccc1)CS(=O)(=O)C1CN(C(=O)OCc2ccccc2)C1. The Morgan fingerprint density at radius 1 is 1.00 bits per heavy atom. The van der Waals surface area contributed by atoms with Gasteiger partial charge in [-0.2, -0.15) is 0 Å². The zero-order valence-corrected chi connectivity index (χ0v) is 17.6. The summed E-state index contributed by atoms with van der Waals surface area (Å²) in [7, 11) is -2.33. The van der Waals surface area contributed by atoms with Crippen LogP contribution in [0.4, 0.5) is 4.79 Å². The number of nitrogens with zero attached hydrogens (tertiary/aromatic N) is 1. The maximum atomic E-state index is 12.8. The van der Waals surface area contributed by atoms with E-state index in [1.807, 2.05) is 60.7 Å². The van der Waals surface area contributed by atoms with Gasteiger partial charge < -0.3 is 14.4 Å². The smallest absolute Gasteiger partial charge is 0.410 e. The molecule has 2 aromatic rings. The molecule has 2 aromatic carbocycles. The Hall–Kier alpha value is -2.87. The second-order valence-corrected chi connectivity index (χ2v) is 9.63. The normalized spacial score (nSPS) is 15.2. The summed E-state index contributed by atoms with van der Waals surface area (Å²) in [5.41, 5.74) is 1.72. The number of benzene rings is 2. The van der Waals surface area contributed by atoms with Gasteiger partial charge in [-0.1, -0.05) is 60.7 Å². The Bertz CT molecular complexity index is 956. The zero-order valence-electron chi connectivity index (χ0n) is 16.8. The van der Waals surface area contributed by atoms with Gasteiger partial charge in [0, 0.05) is 13.1 Å². The monoisotopic (exact) mass is 431 g/mol. The maximum absolute atomic E-state index is 12.8. The molecular formula is C22H25NO6S. The molecule has 1 heterocycles. The van der Waals surface area contributed by atoms with Crippen LogP contribution in [0.5, 0.6) is 0 Å². The van der Waals surface area contributed by atoms with Crippen LogP contribution in [0, 0.1) is 5.92 Å². The van der Waals surface area contributed by atoms with E-state index in [2.05, 4.69) is 0 Å². The Morgan fingerprint density at radius 3 is 2.13 bits per heavy atom. The number of hydrogen-bond acceptors (Lipinski definition) is 6. The Balaban J connectivity index is 1.53. The minimum atomic E-state index is -3.58. The highest BCUT2D eigenvalue weighted by Crippen LogP contribution is 2.22. The van der Waals surface area contributed by atoms with E-state index >= 15 is 0 Å². The summed E-state index contributed by atoms with van der Waals surface area (Å²) in [6.45, 7) is 0.263. The molecule has 0 bridgehead atoms.